The monoisotopic (exact) mass is 354 g/mol. The van der Waals surface area contributed by atoms with Crippen molar-refractivity contribution < 1.29 is 9.53 Å². The molecule has 0 atom stereocenters. The minimum absolute atomic E-state index is 0.133. The number of anilines is 2. The van der Waals surface area contributed by atoms with Gasteiger partial charge >= 0.3 is 0 Å². The Labute approximate surface area is 152 Å². The summed E-state index contributed by atoms with van der Waals surface area (Å²) in [5, 5.41) is 10.8. The van der Waals surface area contributed by atoms with Crippen LogP contribution in [0.15, 0.2) is 59.0 Å². The number of para-hydroxylation sites is 1. The zero-order chi connectivity index (χ0) is 19.1. The van der Waals surface area contributed by atoms with Crippen LogP contribution in [-0.2, 0) is 4.79 Å². The molecule has 1 heterocycles. The van der Waals surface area contributed by atoms with Gasteiger partial charge in [-0.15, -0.1) is 10.2 Å². The Hall–Kier alpha value is -3.26. The van der Waals surface area contributed by atoms with E-state index in [1.807, 2.05) is 26.0 Å². The highest BCUT2D eigenvalue weighted by molar-refractivity contribution is 5.91. The van der Waals surface area contributed by atoms with Crippen LogP contribution in [0.25, 0.3) is 0 Å². The Morgan fingerprint density at radius 2 is 1.92 bits per heavy atom. The number of hydrogen-bond donors (Lipinski definition) is 3. The number of nitrogens with zero attached hydrogens (tertiary/aromatic N) is 3. The molecule has 8 heteroatoms. The SMILES string of the molecule is C=C(Oc1ccccc1N=Nc1ccc(NC(=O)CN)nc1N)C(C)C. The smallest absolute Gasteiger partial charge is 0.239 e. The predicted octanol–water partition coefficient (Wildman–Crippen LogP) is 3.52. The van der Waals surface area contributed by atoms with Crippen molar-refractivity contribution in [2.24, 2.45) is 21.9 Å². The second-order valence-corrected chi connectivity index (χ2v) is 5.74. The fraction of sp³-hybridized carbons (Fsp3) is 0.222. The van der Waals surface area contributed by atoms with E-state index in [1.54, 1.807) is 24.3 Å². The average molecular weight is 354 g/mol. The number of hydrogen-bond acceptors (Lipinski definition) is 7. The Bertz CT molecular complexity index is 832. The lowest BCUT2D eigenvalue weighted by Gasteiger charge is -2.12. The van der Waals surface area contributed by atoms with Gasteiger partial charge in [0.15, 0.2) is 11.6 Å². The third kappa shape index (κ3) is 5.12. The largest absolute Gasteiger partial charge is 0.460 e. The number of allylic oxidation sites excluding steroid dienone is 1. The quantitative estimate of drug-likeness (QED) is 0.517. The van der Waals surface area contributed by atoms with Crippen molar-refractivity contribution in [3.8, 4) is 5.75 Å². The maximum absolute atomic E-state index is 11.3. The lowest BCUT2D eigenvalue weighted by Crippen LogP contribution is -2.22. The molecule has 0 aliphatic rings. The van der Waals surface area contributed by atoms with E-state index >= 15 is 0 Å². The Morgan fingerprint density at radius 3 is 2.58 bits per heavy atom. The standard InChI is InChI=1S/C18H22N6O2/c1-11(2)12(3)26-15-7-5-4-6-13(15)23-24-14-8-9-16(22-18(14)20)21-17(25)10-19/h4-9,11H,3,10,19H2,1-2H3,(H3,20,21,22,25). The van der Waals surface area contributed by atoms with E-state index in [0.29, 0.717) is 28.7 Å². The lowest BCUT2D eigenvalue weighted by atomic mass is 10.2. The first-order valence-corrected chi connectivity index (χ1v) is 8.04. The summed E-state index contributed by atoms with van der Waals surface area (Å²) in [7, 11) is 0. The van der Waals surface area contributed by atoms with Gasteiger partial charge in [-0.05, 0) is 24.3 Å². The number of aromatic nitrogens is 1. The number of nitrogens with one attached hydrogen (secondary N) is 1. The van der Waals surface area contributed by atoms with E-state index in [2.05, 4.69) is 27.1 Å². The molecule has 0 radical (unpaired) electrons. The van der Waals surface area contributed by atoms with Gasteiger partial charge in [0.25, 0.3) is 0 Å². The topological polar surface area (TPSA) is 128 Å². The third-order valence-corrected chi connectivity index (χ3v) is 3.37. The second-order valence-electron chi connectivity index (χ2n) is 5.74. The maximum atomic E-state index is 11.3. The van der Waals surface area contributed by atoms with E-state index in [0.717, 1.165) is 0 Å². The Morgan fingerprint density at radius 1 is 1.23 bits per heavy atom. The molecule has 5 N–H and O–H groups in total. The lowest BCUT2D eigenvalue weighted by molar-refractivity contribution is -0.114. The minimum Gasteiger partial charge on any atom is -0.460 e. The number of carbonyl (C=O) groups excluding carboxylic acids is 1. The van der Waals surface area contributed by atoms with Gasteiger partial charge in [0, 0.05) is 5.92 Å². The van der Waals surface area contributed by atoms with E-state index in [4.69, 9.17) is 16.2 Å². The summed E-state index contributed by atoms with van der Waals surface area (Å²) in [4.78, 5) is 15.3. The highest BCUT2D eigenvalue weighted by Gasteiger charge is 2.08. The zero-order valence-corrected chi connectivity index (χ0v) is 14.8. The molecule has 0 aliphatic carbocycles. The second kappa shape index (κ2) is 8.72. The summed E-state index contributed by atoms with van der Waals surface area (Å²) in [5.74, 6) is 1.43. The van der Waals surface area contributed by atoms with Gasteiger partial charge in [0.05, 0.1) is 12.3 Å². The number of nitrogens with two attached hydrogens (primary N) is 2. The molecule has 8 nitrogen and oxygen atoms in total. The van der Waals surface area contributed by atoms with Gasteiger partial charge in [0.1, 0.15) is 17.2 Å². The Kier molecular flexibility index (Phi) is 6.40. The molecule has 1 aromatic carbocycles. The first-order valence-electron chi connectivity index (χ1n) is 8.04. The fourth-order valence-electron chi connectivity index (χ4n) is 1.81. The molecule has 136 valence electrons. The number of azo groups is 1. The molecule has 1 aromatic heterocycles. The number of carbonyl (C=O) groups is 1. The van der Waals surface area contributed by atoms with Crippen molar-refractivity contribution in [3.63, 3.8) is 0 Å². The molecule has 0 fully saturated rings. The average Bonchev–Trinajstić information content (AvgIpc) is 2.62. The van der Waals surface area contributed by atoms with Crippen LogP contribution in [0.4, 0.5) is 23.0 Å². The summed E-state index contributed by atoms with van der Waals surface area (Å²) in [6.07, 6.45) is 0. The van der Waals surface area contributed by atoms with Gasteiger partial charge in [-0.2, -0.15) is 0 Å². The van der Waals surface area contributed by atoms with Crippen LogP contribution >= 0.6 is 0 Å². The van der Waals surface area contributed by atoms with Crippen LogP contribution in [0.1, 0.15) is 13.8 Å². The maximum Gasteiger partial charge on any atom is 0.239 e. The van der Waals surface area contributed by atoms with E-state index in [1.165, 1.54) is 0 Å². The van der Waals surface area contributed by atoms with Gasteiger partial charge in [-0.3, -0.25) is 4.79 Å². The van der Waals surface area contributed by atoms with Crippen molar-refractivity contribution in [1.82, 2.24) is 4.98 Å². The van der Waals surface area contributed by atoms with Crippen LogP contribution in [0, 0.1) is 5.92 Å². The molecule has 2 rings (SSSR count). The molecule has 0 unspecified atom stereocenters. The summed E-state index contributed by atoms with van der Waals surface area (Å²) in [6.45, 7) is 7.74. The predicted molar refractivity (Wildman–Crippen MR) is 102 cm³/mol. The highest BCUT2D eigenvalue weighted by Crippen LogP contribution is 2.32. The summed E-state index contributed by atoms with van der Waals surface area (Å²) >= 11 is 0. The van der Waals surface area contributed by atoms with Gasteiger partial charge in [-0.25, -0.2) is 4.98 Å². The van der Waals surface area contributed by atoms with Crippen LogP contribution in [0.2, 0.25) is 0 Å². The summed E-state index contributed by atoms with van der Waals surface area (Å²) in [5.41, 5.74) is 12.0. The molecule has 0 spiro atoms. The first-order chi connectivity index (χ1) is 12.4. The van der Waals surface area contributed by atoms with E-state index in [-0.39, 0.29) is 24.2 Å². The Balaban J connectivity index is 2.20. The number of nitrogen functional groups attached to an aromatic ring is 1. The van der Waals surface area contributed by atoms with Crippen molar-refractivity contribution >= 4 is 28.9 Å². The highest BCUT2D eigenvalue weighted by atomic mass is 16.5. The van der Waals surface area contributed by atoms with Crippen LogP contribution < -0.4 is 21.5 Å². The number of benzene rings is 1. The summed E-state index contributed by atoms with van der Waals surface area (Å²) in [6, 6.07) is 10.4. The third-order valence-electron chi connectivity index (χ3n) is 3.37. The zero-order valence-electron chi connectivity index (χ0n) is 14.8. The number of pyridine rings is 1. The molecule has 2 aromatic rings. The normalized spacial score (nSPS) is 10.9. The van der Waals surface area contributed by atoms with E-state index in [9.17, 15) is 4.79 Å². The molecule has 0 bridgehead atoms. The number of amides is 1. The molecular weight excluding hydrogens is 332 g/mol. The van der Waals surface area contributed by atoms with Gasteiger partial charge in [-0.1, -0.05) is 32.6 Å². The minimum atomic E-state index is -0.359. The van der Waals surface area contributed by atoms with E-state index < -0.39 is 0 Å². The van der Waals surface area contributed by atoms with Crippen LogP contribution in [0.3, 0.4) is 0 Å². The summed E-state index contributed by atoms with van der Waals surface area (Å²) < 4.78 is 5.75. The van der Waals surface area contributed by atoms with Crippen LogP contribution in [0.5, 0.6) is 5.75 Å². The molecule has 0 saturated heterocycles. The number of rotatable bonds is 7. The first kappa shape index (κ1) is 19.1. The molecule has 1 amide bonds. The van der Waals surface area contributed by atoms with Crippen molar-refractivity contribution in [2.75, 3.05) is 17.6 Å². The van der Waals surface area contributed by atoms with Gasteiger partial charge in [0.2, 0.25) is 5.91 Å². The number of ether oxygens (including phenoxy) is 1. The molecule has 0 saturated carbocycles. The van der Waals surface area contributed by atoms with Crippen molar-refractivity contribution in [3.05, 3.63) is 48.7 Å². The van der Waals surface area contributed by atoms with Crippen molar-refractivity contribution in [1.29, 1.82) is 0 Å². The molecule has 26 heavy (non-hydrogen) atoms. The van der Waals surface area contributed by atoms with Gasteiger partial charge < -0.3 is 21.5 Å². The molecule has 0 aliphatic heterocycles. The molecular formula is C18H22N6O2. The van der Waals surface area contributed by atoms with Crippen LogP contribution in [-0.4, -0.2) is 17.4 Å². The fourth-order valence-corrected chi connectivity index (χ4v) is 1.81. The van der Waals surface area contributed by atoms with Crippen molar-refractivity contribution in [2.45, 2.75) is 13.8 Å².